The van der Waals surface area contributed by atoms with Crippen LogP contribution in [0.5, 0.6) is 17.2 Å². The van der Waals surface area contributed by atoms with E-state index in [4.69, 9.17) is 16.3 Å². The molecule has 0 fully saturated rings. The van der Waals surface area contributed by atoms with E-state index in [1.807, 2.05) is 0 Å². The summed E-state index contributed by atoms with van der Waals surface area (Å²) in [6, 6.07) is 7.98. The first-order chi connectivity index (χ1) is 12.2. The van der Waals surface area contributed by atoms with Crippen molar-refractivity contribution in [3.8, 4) is 17.2 Å². The normalized spacial score (nSPS) is 11.1. The monoisotopic (exact) mass is 389 g/mol. The van der Waals surface area contributed by atoms with Crippen molar-refractivity contribution < 1.29 is 32.5 Å². The highest BCUT2D eigenvalue weighted by molar-refractivity contribution is 6.32. The molecular weight excluding hydrogens is 375 g/mol. The zero-order chi connectivity index (χ0) is 19.3. The Morgan fingerprint density at radius 3 is 2.58 bits per heavy atom. The maximum absolute atomic E-state index is 12.4. The number of hydrogen-bond donors (Lipinski definition) is 2. The highest BCUT2D eigenvalue weighted by Gasteiger charge is 2.32. The maximum atomic E-state index is 12.4. The molecule has 26 heavy (non-hydrogen) atoms. The lowest BCUT2D eigenvalue weighted by Crippen LogP contribution is -2.24. The third kappa shape index (κ3) is 5.19. The molecule has 0 aliphatic carbocycles. The van der Waals surface area contributed by atoms with E-state index in [0.29, 0.717) is 0 Å². The molecule has 0 radical (unpaired) electrons. The summed E-state index contributed by atoms with van der Waals surface area (Å²) in [5, 5.41) is 12.2. The van der Waals surface area contributed by atoms with Crippen LogP contribution >= 0.6 is 11.6 Å². The van der Waals surface area contributed by atoms with Crippen LogP contribution in [0.1, 0.15) is 22.8 Å². The zero-order valence-corrected chi connectivity index (χ0v) is 14.3. The summed E-state index contributed by atoms with van der Waals surface area (Å²) in [7, 11) is 0. The molecule has 0 aliphatic heterocycles. The minimum atomic E-state index is -4.84. The van der Waals surface area contributed by atoms with Crippen LogP contribution in [0, 0.1) is 0 Å². The van der Waals surface area contributed by atoms with Gasteiger partial charge in [0.05, 0.1) is 11.6 Å². The molecule has 0 unspecified atom stereocenters. The van der Waals surface area contributed by atoms with Crippen molar-refractivity contribution in [3.63, 3.8) is 0 Å². The first kappa shape index (κ1) is 19.7. The lowest BCUT2D eigenvalue weighted by atomic mass is 10.1. The second-order valence-electron chi connectivity index (χ2n) is 5.08. The van der Waals surface area contributed by atoms with Crippen LogP contribution in [-0.4, -0.2) is 24.0 Å². The number of rotatable bonds is 6. The molecule has 0 heterocycles. The number of nitrogens with one attached hydrogen (secondary N) is 1. The summed E-state index contributed by atoms with van der Waals surface area (Å²) in [5.41, 5.74) is 0.235. The Hall–Kier alpha value is -2.61. The fourth-order valence-electron chi connectivity index (χ4n) is 2.12. The Bertz CT molecular complexity index is 796. The van der Waals surface area contributed by atoms with Gasteiger partial charge in [0.2, 0.25) is 0 Å². The van der Waals surface area contributed by atoms with Gasteiger partial charge < -0.3 is 19.9 Å². The minimum Gasteiger partial charge on any atom is -0.503 e. The molecule has 0 aliphatic rings. The van der Waals surface area contributed by atoms with Crippen molar-refractivity contribution in [2.45, 2.75) is 19.8 Å². The van der Waals surface area contributed by atoms with Gasteiger partial charge in [-0.2, -0.15) is 0 Å². The number of alkyl halides is 3. The average molecular weight is 390 g/mol. The standard InChI is InChI=1S/C17H15ClF3NO4/c1-2-25-14-8-11(7-12(18)15(14)23)16(24)22-9-10-5-3-4-6-13(10)26-17(19,20)21/h3-8,23H,2,9H2,1H3,(H,22,24). The van der Waals surface area contributed by atoms with Gasteiger partial charge in [-0.1, -0.05) is 29.8 Å². The summed E-state index contributed by atoms with van der Waals surface area (Å²) in [4.78, 5) is 12.3. The van der Waals surface area contributed by atoms with Crippen molar-refractivity contribution >= 4 is 17.5 Å². The van der Waals surface area contributed by atoms with Gasteiger partial charge >= 0.3 is 6.36 Å². The van der Waals surface area contributed by atoms with E-state index in [1.54, 1.807) is 6.92 Å². The first-order valence-electron chi connectivity index (χ1n) is 7.48. The second kappa shape index (κ2) is 8.18. The van der Waals surface area contributed by atoms with Crippen LogP contribution in [0.2, 0.25) is 5.02 Å². The number of carbonyl (C=O) groups excluding carboxylic acids is 1. The van der Waals surface area contributed by atoms with Crippen molar-refractivity contribution in [2.24, 2.45) is 0 Å². The van der Waals surface area contributed by atoms with Crippen LogP contribution in [0.3, 0.4) is 0 Å². The van der Waals surface area contributed by atoms with E-state index in [-0.39, 0.29) is 40.8 Å². The van der Waals surface area contributed by atoms with Gasteiger partial charge in [0.15, 0.2) is 11.5 Å². The van der Waals surface area contributed by atoms with Gasteiger partial charge in [-0.05, 0) is 25.1 Å². The van der Waals surface area contributed by atoms with Crippen molar-refractivity contribution in [1.82, 2.24) is 5.32 Å². The molecule has 0 aromatic heterocycles. The predicted octanol–water partition coefficient (Wildman–Crippen LogP) is 4.27. The molecule has 0 atom stereocenters. The van der Waals surface area contributed by atoms with Crippen molar-refractivity contribution in [3.05, 3.63) is 52.5 Å². The lowest BCUT2D eigenvalue weighted by molar-refractivity contribution is -0.274. The second-order valence-corrected chi connectivity index (χ2v) is 5.48. The number of para-hydroxylation sites is 1. The molecule has 5 nitrogen and oxygen atoms in total. The van der Waals surface area contributed by atoms with Gasteiger partial charge in [-0.25, -0.2) is 0 Å². The Morgan fingerprint density at radius 2 is 1.92 bits per heavy atom. The van der Waals surface area contributed by atoms with E-state index in [1.165, 1.54) is 30.3 Å². The molecule has 140 valence electrons. The van der Waals surface area contributed by atoms with E-state index in [0.717, 1.165) is 6.07 Å². The zero-order valence-electron chi connectivity index (χ0n) is 13.6. The number of ether oxygens (including phenoxy) is 2. The Labute approximate surface area is 152 Å². The summed E-state index contributed by atoms with van der Waals surface area (Å²) in [6.07, 6.45) is -4.84. The highest BCUT2D eigenvalue weighted by Crippen LogP contribution is 2.35. The van der Waals surface area contributed by atoms with Crippen LogP contribution in [0.4, 0.5) is 13.2 Å². The third-order valence-corrected chi connectivity index (χ3v) is 3.52. The molecule has 2 rings (SSSR count). The van der Waals surface area contributed by atoms with Crippen LogP contribution in [0.25, 0.3) is 0 Å². The Balaban J connectivity index is 2.15. The van der Waals surface area contributed by atoms with E-state index in [9.17, 15) is 23.1 Å². The number of hydrogen-bond acceptors (Lipinski definition) is 4. The Morgan fingerprint density at radius 1 is 1.23 bits per heavy atom. The average Bonchev–Trinajstić information content (AvgIpc) is 2.56. The Kier molecular flexibility index (Phi) is 6.20. The van der Waals surface area contributed by atoms with Gasteiger partial charge in [-0.15, -0.1) is 13.2 Å². The molecule has 2 aromatic rings. The first-order valence-corrected chi connectivity index (χ1v) is 7.86. The number of halogens is 4. The molecule has 0 saturated heterocycles. The van der Waals surface area contributed by atoms with Gasteiger partial charge in [0.25, 0.3) is 5.91 Å². The van der Waals surface area contributed by atoms with Crippen LogP contribution in [0.15, 0.2) is 36.4 Å². The molecule has 2 N–H and O–H groups in total. The van der Waals surface area contributed by atoms with Gasteiger partial charge in [0, 0.05) is 17.7 Å². The molecule has 2 aromatic carbocycles. The summed E-state index contributed by atoms with van der Waals surface area (Å²) < 4.78 is 46.4. The predicted molar refractivity (Wildman–Crippen MR) is 88.6 cm³/mol. The molecule has 0 bridgehead atoms. The quantitative estimate of drug-likeness (QED) is 0.774. The fourth-order valence-corrected chi connectivity index (χ4v) is 2.33. The van der Waals surface area contributed by atoms with Crippen molar-refractivity contribution in [2.75, 3.05) is 6.61 Å². The number of phenolic OH excluding ortho intramolecular Hbond substituents is 1. The topological polar surface area (TPSA) is 67.8 Å². The van der Waals surface area contributed by atoms with E-state index < -0.39 is 18.0 Å². The SMILES string of the molecule is CCOc1cc(C(=O)NCc2ccccc2OC(F)(F)F)cc(Cl)c1O. The van der Waals surface area contributed by atoms with E-state index >= 15 is 0 Å². The number of amides is 1. The van der Waals surface area contributed by atoms with Gasteiger partial charge in [-0.3, -0.25) is 4.79 Å². The summed E-state index contributed by atoms with van der Waals surface area (Å²) >= 11 is 5.86. The summed E-state index contributed by atoms with van der Waals surface area (Å²) in [5.74, 6) is -1.27. The smallest absolute Gasteiger partial charge is 0.503 e. The molecule has 1 amide bonds. The van der Waals surface area contributed by atoms with Gasteiger partial charge in [0.1, 0.15) is 5.75 Å². The van der Waals surface area contributed by atoms with Crippen LogP contribution in [-0.2, 0) is 6.54 Å². The third-order valence-electron chi connectivity index (χ3n) is 3.23. The number of carbonyl (C=O) groups is 1. The van der Waals surface area contributed by atoms with E-state index in [2.05, 4.69) is 10.1 Å². The van der Waals surface area contributed by atoms with Crippen LogP contribution < -0.4 is 14.8 Å². The summed E-state index contributed by atoms with van der Waals surface area (Å²) in [6.45, 7) is 1.74. The molecule has 0 saturated carbocycles. The molecular formula is C17H15ClF3NO4. The minimum absolute atomic E-state index is 0.0333. The maximum Gasteiger partial charge on any atom is 0.573 e. The fraction of sp³-hybridized carbons (Fsp3) is 0.235. The lowest BCUT2D eigenvalue weighted by Gasteiger charge is -2.14. The largest absolute Gasteiger partial charge is 0.573 e. The number of benzene rings is 2. The molecule has 9 heteroatoms. The highest BCUT2D eigenvalue weighted by atomic mass is 35.5. The molecule has 0 spiro atoms. The van der Waals surface area contributed by atoms with Crippen molar-refractivity contribution in [1.29, 1.82) is 0 Å². The number of phenols is 1. The number of aromatic hydroxyl groups is 1.